The van der Waals surface area contributed by atoms with Crippen molar-refractivity contribution in [2.75, 3.05) is 11.9 Å². The minimum atomic E-state index is 0.493. The van der Waals surface area contributed by atoms with E-state index in [4.69, 9.17) is 0 Å². The quantitative estimate of drug-likeness (QED) is 0.840. The van der Waals surface area contributed by atoms with E-state index in [0.717, 1.165) is 5.69 Å². The molecule has 1 aliphatic rings. The fourth-order valence-corrected chi connectivity index (χ4v) is 2.67. The smallest absolute Gasteiger partial charge is 0.0827 e. The minimum Gasteiger partial charge on any atom is -0.380 e. The van der Waals surface area contributed by atoms with Gasteiger partial charge in [0.15, 0.2) is 0 Å². The van der Waals surface area contributed by atoms with E-state index < -0.39 is 0 Å². The monoisotopic (exact) mass is 236 g/mol. The average Bonchev–Trinajstić information content (AvgIpc) is 2.83. The molecule has 2 rings (SSSR count). The Bertz CT molecular complexity index is 377. The van der Waals surface area contributed by atoms with Crippen molar-refractivity contribution in [1.82, 2.24) is 15.1 Å². The fraction of sp³-hybridized carbons (Fsp3) is 0.769. The highest BCUT2D eigenvalue weighted by atomic mass is 15.3. The van der Waals surface area contributed by atoms with Gasteiger partial charge in [-0.25, -0.2) is 0 Å². The standard InChI is InChI=1S/C13H24N4/c1-9(8-12-6-5-7-14-12)15-13-10(2)16-17(4)11(13)3/h9,12,14-15H,5-8H2,1-4H3. The summed E-state index contributed by atoms with van der Waals surface area (Å²) in [6, 6.07) is 1.18. The Labute approximate surface area is 104 Å². The molecule has 2 N–H and O–H groups in total. The highest BCUT2D eigenvalue weighted by Gasteiger charge is 2.18. The summed E-state index contributed by atoms with van der Waals surface area (Å²) in [5.41, 5.74) is 3.52. The zero-order valence-corrected chi connectivity index (χ0v) is 11.4. The Morgan fingerprint density at radius 2 is 2.29 bits per heavy atom. The van der Waals surface area contributed by atoms with Crippen molar-refractivity contribution in [3.05, 3.63) is 11.4 Å². The van der Waals surface area contributed by atoms with Crippen LogP contribution in [0.15, 0.2) is 0 Å². The van der Waals surface area contributed by atoms with E-state index in [1.807, 2.05) is 11.7 Å². The van der Waals surface area contributed by atoms with E-state index in [1.165, 1.54) is 37.2 Å². The molecule has 1 aromatic rings. The summed E-state index contributed by atoms with van der Waals surface area (Å²) < 4.78 is 1.94. The summed E-state index contributed by atoms with van der Waals surface area (Å²) >= 11 is 0. The first-order chi connectivity index (χ1) is 8.08. The first kappa shape index (κ1) is 12.4. The Morgan fingerprint density at radius 1 is 1.53 bits per heavy atom. The highest BCUT2D eigenvalue weighted by molar-refractivity contribution is 5.52. The molecule has 0 amide bonds. The number of nitrogens with zero attached hydrogens (tertiary/aromatic N) is 2. The molecule has 0 spiro atoms. The molecule has 0 bridgehead atoms. The number of aryl methyl sites for hydroxylation is 2. The molecule has 4 nitrogen and oxygen atoms in total. The second kappa shape index (κ2) is 5.08. The molecule has 1 aliphatic heterocycles. The van der Waals surface area contributed by atoms with Crippen LogP contribution in [0.3, 0.4) is 0 Å². The van der Waals surface area contributed by atoms with Crippen LogP contribution in [0.4, 0.5) is 5.69 Å². The van der Waals surface area contributed by atoms with Gasteiger partial charge in [-0.05, 0) is 46.6 Å². The van der Waals surface area contributed by atoms with Gasteiger partial charge < -0.3 is 10.6 Å². The molecular formula is C13H24N4. The Morgan fingerprint density at radius 3 is 2.82 bits per heavy atom. The highest BCUT2D eigenvalue weighted by Crippen LogP contribution is 2.21. The lowest BCUT2D eigenvalue weighted by molar-refractivity contribution is 0.523. The van der Waals surface area contributed by atoms with Gasteiger partial charge in [0, 0.05) is 19.1 Å². The maximum Gasteiger partial charge on any atom is 0.0827 e. The van der Waals surface area contributed by atoms with Crippen LogP contribution >= 0.6 is 0 Å². The van der Waals surface area contributed by atoms with Crippen molar-refractivity contribution in [2.24, 2.45) is 7.05 Å². The van der Waals surface area contributed by atoms with Crippen LogP contribution in [-0.2, 0) is 7.05 Å². The zero-order valence-electron chi connectivity index (χ0n) is 11.4. The molecule has 1 aromatic heterocycles. The average molecular weight is 236 g/mol. The van der Waals surface area contributed by atoms with Crippen LogP contribution in [-0.4, -0.2) is 28.4 Å². The van der Waals surface area contributed by atoms with Gasteiger partial charge in [-0.15, -0.1) is 0 Å². The van der Waals surface area contributed by atoms with Gasteiger partial charge in [-0.3, -0.25) is 4.68 Å². The minimum absolute atomic E-state index is 0.493. The molecule has 2 unspecified atom stereocenters. The lowest BCUT2D eigenvalue weighted by Crippen LogP contribution is -2.29. The lowest BCUT2D eigenvalue weighted by atomic mass is 10.1. The number of hydrogen-bond donors (Lipinski definition) is 2. The molecule has 0 aromatic carbocycles. The van der Waals surface area contributed by atoms with E-state index in [-0.39, 0.29) is 0 Å². The SMILES string of the molecule is Cc1nn(C)c(C)c1NC(C)CC1CCCN1. The maximum atomic E-state index is 4.43. The Hall–Kier alpha value is -1.03. The number of anilines is 1. The van der Waals surface area contributed by atoms with Gasteiger partial charge in [0.2, 0.25) is 0 Å². The van der Waals surface area contributed by atoms with Crippen LogP contribution in [0.2, 0.25) is 0 Å². The summed E-state index contributed by atoms with van der Waals surface area (Å²) in [5, 5.41) is 11.6. The lowest BCUT2D eigenvalue weighted by Gasteiger charge is -2.19. The van der Waals surface area contributed by atoms with Crippen LogP contribution in [0.25, 0.3) is 0 Å². The van der Waals surface area contributed by atoms with Crippen molar-refractivity contribution in [2.45, 2.75) is 52.1 Å². The van der Waals surface area contributed by atoms with E-state index in [9.17, 15) is 0 Å². The Balaban J connectivity index is 1.95. The molecule has 0 radical (unpaired) electrons. The van der Waals surface area contributed by atoms with Crippen molar-refractivity contribution >= 4 is 5.69 Å². The van der Waals surface area contributed by atoms with E-state index in [1.54, 1.807) is 0 Å². The molecule has 96 valence electrons. The number of nitrogens with one attached hydrogen (secondary N) is 2. The summed E-state index contributed by atoms with van der Waals surface area (Å²) in [6.07, 6.45) is 3.83. The van der Waals surface area contributed by atoms with Crippen LogP contribution in [0.5, 0.6) is 0 Å². The number of aromatic nitrogens is 2. The molecule has 17 heavy (non-hydrogen) atoms. The second-order valence-corrected chi connectivity index (χ2v) is 5.24. The van der Waals surface area contributed by atoms with E-state index >= 15 is 0 Å². The molecule has 2 heterocycles. The van der Waals surface area contributed by atoms with Gasteiger partial charge in [-0.1, -0.05) is 0 Å². The number of rotatable bonds is 4. The summed E-state index contributed by atoms with van der Waals surface area (Å²) in [5.74, 6) is 0. The van der Waals surface area contributed by atoms with Crippen molar-refractivity contribution in [3.63, 3.8) is 0 Å². The van der Waals surface area contributed by atoms with Crippen LogP contribution in [0.1, 0.15) is 37.6 Å². The molecule has 1 saturated heterocycles. The van der Waals surface area contributed by atoms with E-state index in [0.29, 0.717) is 12.1 Å². The fourth-order valence-electron chi connectivity index (χ4n) is 2.67. The third-order valence-corrected chi connectivity index (χ3v) is 3.70. The molecule has 4 heteroatoms. The third-order valence-electron chi connectivity index (χ3n) is 3.70. The molecule has 2 atom stereocenters. The first-order valence-corrected chi connectivity index (χ1v) is 6.58. The maximum absolute atomic E-state index is 4.43. The number of hydrogen-bond acceptors (Lipinski definition) is 3. The van der Waals surface area contributed by atoms with Gasteiger partial charge in [0.05, 0.1) is 17.1 Å². The first-order valence-electron chi connectivity index (χ1n) is 6.58. The summed E-state index contributed by atoms with van der Waals surface area (Å²) in [4.78, 5) is 0. The predicted molar refractivity (Wildman–Crippen MR) is 71.4 cm³/mol. The van der Waals surface area contributed by atoms with Crippen LogP contribution in [0, 0.1) is 13.8 Å². The zero-order chi connectivity index (χ0) is 12.4. The third kappa shape index (κ3) is 2.80. The van der Waals surface area contributed by atoms with Crippen molar-refractivity contribution in [3.8, 4) is 0 Å². The van der Waals surface area contributed by atoms with Crippen molar-refractivity contribution in [1.29, 1.82) is 0 Å². The molecule has 0 saturated carbocycles. The summed E-state index contributed by atoms with van der Waals surface area (Å²) in [7, 11) is 2.00. The molecule has 0 aliphatic carbocycles. The molecule has 1 fully saturated rings. The topological polar surface area (TPSA) is 41.9 Å². The van der Waals surface area contributed by atoms with Gasteiger partial charge in [0.25, 0.3) is 0 Å². The van der Waals surface area contributed by atoms with Gasteiger partial charge in [0.1, 0.15) is 0 Å². The van der Waals surface area contributed by atoms with Crippen molar-refractivity contribution < 1.29 is 0 Å². The van der Waals surface area contributed by atoms with Crippen LogP contribution < -0.4 is 10.6 Å². The largest absolute Gasteiger partial charge is 0.380 e. The molecular weight excluding hydrogens is 212 g/mol. The van der Waals surface area contributed by atoms with E-state index in [2.05, 4.69) is 36.5 Å². The Kier molecular flexibility index (Phi) is 3.72. The van der Waals surface area contributed by atoms with Gasteiger partial charge in [-0.2, -0.15) is 5.10 Å². The van der Waals surface area contributed by atoms with Gasteiger partial charge >= 0.3 is 0 Å². The summed E-state index contributed by atoms with van der Waals surface area (Å²) in [6.45, 7) is 7.62. The second-order valence-electron chi connectivity index (χ2n) is 5.24. The normalized spacial score (nSPS) is 21.8. The predicted octanol–water partition coefficient (Wildman–Crippen LogP) is 1.98.